The van der Waals surface area contributed by atoms with Crippen molar-refractivity contribution in [3.8, 4) is 0 Å². The molecule has 1 N–H and O–H groups in total. The monoisotopic (exact) mass is 287 g/mol. The summed E-state index contributed by atoms with van der Waals surface area (Å²) < 4.78 is 26.0. The Hall–Kier alpha value is -0.130. The first-order valence-electron chi connectivity index (χ1n) is 7.70. The zero-order chi connectivity index (χ0) is 13.6. The van der Waals surface area contributed by atoms with E-state index in [9.17, 15) is 8.42 Å². The van der Waals surface area contributed by atoms with Crippen LogP contribution >= 0.6 is 0 Å². The van der Waals surface area contributed by atoms with Crippen LogP contribution in [0.25, 0.3) is 0 Å². The van der Waals surface area contributed by atoms with Gasteiger partial charge < -0.3 is 5.32 Å². The second kappa shape index (κ2) is 7.60. The van der Waals surface area contributed by atoms with E-state index in [1.165, 1.54) is 19.3 Å². The van der Waals surface area contributed by atoms with Gasteiger partial charge >= 0.3 is 0 Å². The third-order valence-electron chi connectivity index (χ3n) is 4.20. The normalized spacial score (nSPS) is 23.6. The van der Waals surface area contributed by atoms with Crippen molar-refractivity contribution in [3.05, 3.63) is 6.42 Å². The minimum Gasteiger partial charge on any atom is -0.317 e. The molecule has 4 nitrogen and oxygen atoms in total. The number of nitrogens with zero attached hydrogens (tertiary/aromatic N) is 1. The van der Waals surface area contributed by atoms with Crippen molar-refractivity contribution in [1.82, 2.24) is 9.62 Å². The Morgan fingerprint density at radius 3 is 2.47 bits per heavy atom. The van der Waals surface area contributed by atoms with Gasteiger partial charge in [0.25, 0.3) is 0 Å². The summed E-state index contributed by atoms with van der Waals surface area (Å²) in [5, 5.41) is 3.35. The Morgan fingerprint density at radius 1 is 1.11 bits per heavy atom. The highest BCUT2D eigenvalue weighted by Crippen LogP contribution is 2.19. The predicted octanol–water partition coefficient (Wildman–Crippen LogP) is 1.79. The third kappa shape index (κ3) is 5.04. The lowest BCUT2D eigenvalue weighted by Crippen LogP contribution is -2.37. The van der Waals surface area contributed by atoms with Crippen LogP contribution in [0.15, 0.2) is 0 Å². The van der Waals surface area contributed by atoms with Gasteiger partial charge in [-0.15, -0.1) is 0 Å². The van der Waals surface area contributed by atoms with E-state index in [0.717, 1.165) is 51.9 Å². The van der Waals surface area contributed by atoms with Crippen LogP contribution in [0.1, 0.15) is 44.9 Å². The lowest BCUT2D eigenvalue weighted by atomic mass is 9.93. The van der Waals surface area contributed by atoms with E-state index in [-0.39, 0.29) is 0 Å². The summed E-state index contributed by atoms with van der Waals surface area (Å²) in [6.07, 6.45) is 9.71. The van der Waals surface area contributed by atoms with Gasteiger partial charge in [0.1, 0.15) is 0 Å². The summed E-state index contributed by atoms with van der Waals surface area (Å²) >= 11 is 0. The van der Waals surface area contributed by atoms with Crippen molar-refractivity contribution >= 4 is 10.0 Å². The third-order valence-corrected chi connectivity index (χ3v) is 6.16. The van der Waals surface area contributed by atoms with Crippen LogP contribution in [0.3, 0.4) is 0 Å². The second-order valence-corrected chi connectivity index (χ2v) is 7.83. The molecule has 0 aromatic rings. The molecule has 0 amide bonds. The zero-order valence-electron chi connectivity index (χ0n) is 11.8. The van der Waals surface area contributed by atoms with E-state index in [2.05, 4.69) is 11.7 Å². The molecule has 2 aliphatic heterocycles. The number of piperidine rings is 2. The van der Waals surface area contributed by atoms with Gasteiger partial charge in [0, 0.05) is 13.1 Å². The van der Waals surface area contributed by atoms with Gasteiger partial charge in [-0.1, -0.05) is 6.42 Å². The van der Waals surface area contributed by atoms with Crippen molar-refractivity contribution in [2.24, 2.45) is 5.92 Å². The Bertz CT molecular complexity index is 344. The molecular weight excluding hydrogens is 260 g/mol. The molecule has 0 atom stereocenters. The summed E-state index contributed by atoms with van der Waals surface area (Å²) in [5.41, 5.74) is 0. The fourth-order valence-electron chi connectivity index (χ4n) is 2.97. The van der Waals surface area contributed by atoms with Crippen molar-refractivity contribution in [1.29, 1.82) is 0 Å². The highest BCUT2D eigenvalue weighted by Gasteiger charge is 2.23. The van der Waals surface area contributed by atoms with Crippen molar-refractivity contribution in [2.75, 3.05) is 31.9 Å². The van der Waals surface area contributed by atoms with Crippen LogP contribution in [0.5, 0.6) is 0 Å². The van der Waals surface area contributed by atoms with Gasteiger partial charge in [-0.05, 0) is 64.0 Å². The van der Waals surface area contributed by atoms with Crippen LogP contribution in [-0.2, 0) is 10.0 Å². The summed E-state index contributed by atoms with van der Waals surface area (Å²) in [5.74, 6) is 1.02. The maximum absolute atomic E-state index is 12.1. The molecule has 5 heteroatoms. The molecule has 0 bridgehead atoms. The highest BCUT2D eigenvalue weighted by atomic mass is 32.2. The molecule has 2 saturated heterocycles. The van der Waals surface area contributed by atoms with Crippen LogP contribution in [0.4, 0.5) is 0 Å². The number of rotatable bonds is 6. The number of nitrogens with one attached hydrogen (secondary N) is 1. The van der Waals surface area contributed by atoms with Gasteiger partial charge in [0.15, 0.2) is 0 Å². The molecule has 1 radical (unpaired) electrons. The average molecular weight is 287 g/mol. The number of unbranched alkanes of at least 4 members (excludes halogenated alkanes) is 1. The molecule has 0 saturated carbocycles. The molecule has 0 aliphatic carbocycles. The summed E-state index contributed by atoms with van der Waals surface area (Å²) in [7, 11) is -2.99. The number of hydrogen-bond acceptors (Lipinski definition) is 3. The predicted molar refractivity (Wildman–Crippen MR) is 78.3 cm³/mol. The van der Waals surface area contributed by atoms with E-state index in [1.54, 1.807) is 4.31 Å². The van der Waals surface area contributed by atoms with E-state index in [0.29, 0.717) is 11.7 Å². The molecule has 2 fully saturated rings. The Kier molecular flexibility index (Phi) is 6.10. The summed E-state index contributed by atoms with van der Waals surface area (Å²) in [6, 6.07) is 0. The minimum atomic E-state index is -2.99. The Morgan fingerprint density at radius 2 is 1.79 bits per heavy atom. The number of hydrogen-bond donors (Lipinski definition) is 1. The summed E-state index contributed by atoms with van der Waals surface area (Å²) in [6.45, 7) is 3.68. The first-order valence-corrected chi connectivity index (χ1v) is 9.31. The van der Waals surface area contributed by atoms with Crippen molar-refractivity contribution in [2.45, 2.75) is 44.9 Å². The maximum atomic E-state index is 12.1. The molecule has 19 heavy (non-hydrogen) atoms. The van der Waals surface area contributed by atoms with Crippen molar-refractivity contribution in [3.63, 3.8) is 0 Å². The van der Waals surface area contributed by atoms with Crippen LogP contribution in [0, 0.1) is 12.3 Å². The fraction of sp³-hybridized carbons (Fsp3) is 0.929. The van der Waals surface area contributed by atoms with E-state index in [4.69, 9.17) is 0 Å². The molecule has 111 valence electrons. The van der Waals surface area contributed by atoms with Crippen LogP contribution in [0.2, 0.25) is 0 Å². The van der Waals surface area contributed by atoms with Gasteiger partial charge in [0.05, 0.1) is 5.75 Å². The SMILES string of the molecule is O=S(=O)(CCC[CH]C1CCNCC1)N1CCCCC1. The lowest BCUT2D eigenvalue weighted by Gasteiger charge is -2.26. The van der Waals surface area contributed by atoms with E-state index < -0.39 is 10.0 Å². The first kappa shape index (κ1) is 15.3. The number of sulfonamides is 1. The minimum absolute atomic E-state index is 0.328. The molecule has 2 rings (SSSR count). The lowest BCUT2D eigenvalue weighted by molar-refractivity contribution is 0.346. The highest BCUT2D eigenvalue weighted by molar-refractivity contribution is 7.89. The zero-order valence-corrected chi connectivity index (χ0v) is 12.6. The first-order chi connectivity index (χ1) is 9.18. The molecule has 0 unspecified atom stereocenters. The van der Waals surface area contributed by atoms with Gasteiger partial charge in [0.2, 0.25) is 10.0 Å². The van der Waals surface area contributed by atoms with Gasteiger partial charge in [-0.3, -0.25) is 0 Å². The molecule has 0 spiro atoms. The quantitative estimate of drug-likeness (QED) is 0.758. The molecule has 0 aromatic heterocycles. The van der Waals surface area contributed by atoms with Crippen molar-refractivity contribution < 1.29 is 8.42 Å². The van der Waals surface area contributed by atoms with Crippen LogP contribution in [-0.4, -0.2) is 44.7 Å². The van der Waals surface area contributed by atoms with Crippen LogP contribution < -0.4 is 5.32 Å². The molecular formula is C14H27N2O2S. The standard InChI is InChI=1S/C14H27N2O2S/c17-19(18,16-11-3-1-4-12-16)13-5-2-6-14-7-9-15-10-8-14/h6,14-15H,1-5,7-13H2. The fourth-order valence-corrected chi connectivity index (χ4v) is 4.58. The van der Waals surface area contributed by atoms with E-state index in [1.807, 2.05) is 0 Å². The largest absolute Gasteiger partial charge is 0.317 e. The van der Waals surface area contributed by atoms with E-state index >= 15 is 0 Å². The Balaban J connectivity index is 1.63. The molecule has 0 aromatic carbocycles. The summed E-state index contributed by atoms with van der Waals surface area (Å²) in [4.78, 5) is 0. The Labute approximate surface area is 118 Å². The average Bonchev–Trinajstić information content (AvgIpc) is 2.46. The molecule has 2 aliphatic rings. The second-order valence-electron chi connectivity index (χ2n) is 5.74. The molecule has 2 heterocycles. The maximum Gasteiger partial charge on any atom is 0.214 e. The topological polar surface area (TPSA) is 49.4 Å². The van der Waals surface area contributed by atoms with Gasteiger partial charge in [-0.2, -0.15) is 0 Å². The van der Waals surface area contributed by atoms with Gasteiger partial charge in [-0.25, -0.2) is 12.7 Å². The smallest absolute Gasteiger partial charge is 0.214 e.